The standard InChI is InChI=1S/C13H12ClN/c1-10(11-5-7-15-8-6-11)12-3-2-4-13(14)9-12/h2-10H,1H3. The van der Waals surface area contributed by atoms with E-state index >= 15 is 0 Å². The van der Waals surface area contributed by atoms with Crippen LogP contribution < -0.4 is 0 Å². The second-order valence-electron chi connectivity index (χ2n) is 3.56. The maximum Gasteiger partial charge on any atom is 0.0408 e. The van der Waals surface area contributed by atoms with Crippen LogP contribution in [0.5, 0.6) is 0 Å². The molecule has 0 saturated carbocycles. The number of halogens is 1. The number of pyridine rings is 1. The molecular weight excluding hydrogens is 206 g/mol. The molecule has 0 aliphatic carbocycles. The van der Waals surface area contributed by atoms with Gasteiger partial charge >= 0.3 is 0 Å². The van der Waals surface area contributed by atoms with Crippen molar-refractivity contribution >= 4 is 11.6 Å². The summed E-state index contributed by atoms with van der Waals surface area (Å²) in [5.74, 6) is 0.353. The van der Waals surface area contributed by atoms with E-state index < -0.39 is 0 Å². The van der Waals surface area contributed by atoms with Gasteiger partial charge in [0.05, 0.1) is 0 Å². The number of rotatable bonds is 2. The summed E-state index contributed by atoms with van der Waals surface area (Å²) in [6, 6.07) is 12.0. The first-order valence-electron chi connectivity index (χ1n) is 4.93. The van der Waals surface area contributed by atoms with Crippen molar-refractivity contribution in [3.8, 4) is 0 Å². The Morgan fingerprint density at radius 3 is 2.47 bits per heavy atom. The molecule has 0 radical (unpaired) electrons. The number of hydrogen-bond donors (Lipinski definition) is 0. The van der Waals surface area contributed by atoms with Gasteiger partial charge in [0.25, 0.3) is 0 Å². The van der Waals surface area contributed by atoms with Crippen LogP contribution in [0, 0.1) is 0 Å². The second-order valence-corrected chi connectivity index (χ2v) is 3.99. The fourth-order valence-corrected chi connectivity index (χ4v) is 1.82. The summed E-state index contributed by atoms with van der Waals surface area (Å²) in [5.41, 5.74) is 2.49. The van der Waals surface area contributed by atoms with Crippen molar-refractivity contribution in [2.75, 3.05) is 0 Å². The van der Waals surface area contributed by atoms with Gasteiger partial charge in [-0.25, -0.2) is 0 Å². The monoisotopic (exact) mass is 217 g/mol. The maximum atomic E-state index is 5.96. The van der Waals surface area contributed by atoms with Crippen molar-refractivity contribution in [1.29, 1.82) is 0 Å². The molecule has 0 spiro atoms. The van der Waals surface area contributed by atoms with E-state index in [9.17, 15) is 0 Å². The van der Waals surface area contributed by atoms with Gasteiger partial charge in [-0.2, -0.15) is 0 Å². The highest BCUT2D eigenvalue weighted by molar-refractivity contribution is 6.30. The predicted molar refractivity (Wildman–Crippen MR) is 63.2 cm³/mol. The Kier molecular flexibility index (Phi) is 3.02. The minimum atomic E-state index is 0.353. The minimum Gasteiger partial charge on any atom is -0.265 e. The Bertz CT molecular complexity index is 439. The average molecular weight is 218 g/mol. The summed E-state index contributed by atoms with van der Waals surface area (Å²) < 4.78 is 0. The summed E-state index contributed by atoms with van der Waals surface area (Å²) in [4.78, 5) is 4.01. The number of hydrogen-bond acceptors (Lipinski definition) is 1. The van der Waals surface area contributed by atoms with Crippen LogP contribution in [0.4, 0.5) is 0 Å². The van der Waals surface area contributed by atoms with E-state index in [1.807, 2.05) is 42.7 Å². The summed E-state index contributed by atoms with van der Waals surface area (Å²) >= 11 is 5.96. The first-order chi connectivity index (χ1) is 7.27. The molecule has 1 aromatic heterocycles. The molecule has 2 aromatic rings. The van der Waals surface area contributed by atoms with Gasteiger partial charge in [0.1, 0.15) is 0 Å². The lowest BCUT2D eigenvalue weighted by molar-refractivity contribution is 0.917. The highest BCUT2D eigenvalue weighted by Gasteiger charge is 2.07. The Morgan fingerprint density at radius 1 is 1.07 bits per heavy atom. The number of aromatic nitrogens is 1. The van der Waals surface area contributed by atoms with E-state index in [1.54, 1.807) is 0 Å². The van der Waals surface area contributed by atoms with Gasteiger partial charge in [0, 0.05) is 23.3 Å². The molecule has 0 saturated heterocycles. The fourth-order valence-electron chi connectivity index (χ4n) is 1.62. The summed E-state index contributed by atoms with van der Waals surface area (Å²) in [5, 5.41) is 0.786. The van der Waals surface area contributed by atoms with Gasteiger partial charge in [-0.1, -0.05) is 30.7 Å². The van der Waals surface area contributed by atoms with Crippen LogP contribution in [0.2, 0.25) is 5.02 Å². The van der Waals surface area contributed by atoms with E-state index in [0.717, 1.165) is 5.02 Å². The molecule has 0 aliphatic heterocycles. The van der Waals surface area contributed by atoms with E-state index in [2.05, 4.69) is 18.0 Å². The first kappa shape index (κ1) is 10.2. The quantitative estimate of drug-likeness (QED) is 0.744. The zero-order chi connectivity index (χ0) is 10.7. The molecule has 1 unspecified atom stereocenters. The molecule has 0 bridgehead atoms. The summed E-state index contributed by atoms with van der Waals surface area (Å²) in [6.07, 6.45) is 3.63. The smallest absolute Gasteiger partial charge is 0.0408 e. The van der Waals surface area contributed by atoms with Crippen molar-refractivity contribution in [2.24, 2.45) is 0 Å². The first-order valence-corrected chi connectivity index (χ1v) is 5.30. The molecule has 1 nitrogen and oxygen atoms in total. The van der Waals surface area contributed by atoms with Gasteiger partial charge in [-0.05, 0) is 35.4 Å². The molecule has 15 heavy (non-hydrogen) atoms. The molecule has 76 valence electrons. The number of benzene rings is 1. The van der Waals surface area contributed by atoms with Crippen LogP contribution >= 0.6 is 11.6 Å². The largest absolute Gasteiger partial charge is 0.265 e. The van der Waals surface area contributed by atoms with Crippen LogP contribution in [0.3, 0.4) is 0 Å². The molecule has 0 N–H and O–H groups in total. The molecule has 0 amide bonds. The molecule has 0 fully saturated rings. The lowest BCUT2D eigenvalue weighted by Gasteiger charge is -2.12. The third kappa shape index (κ3) is 2.37. The van der Waals surface area contributed by atoms with Gasteiger partial charge in [-0.15, -0.1) is 0 Å². The van der Waals surface area contributed by atoms with Crippen LogP contribution in [0.15, 0.2) is 48.8 Å². The van der Waals surface area contributed by atoms with Gasteiger partial charge in [0.2, 0.25) is 0 Å². The van der Waals surface area contributed by atoms with Crippen LogP contribution in [-0.4, -0.2) is 4.98 Å². The Balaban J connectivity index is 2.32. The van der Waals surface area contributed by atoms with Crippen molar-refractivity contribution in [3.05, 3.63) is 64.9 Å². The van der Waals surface area contributed by atoms with Crippen LogP contribution in [0.1, 0.15) is 24.0 Å². The topological polar surface area (TPSA) is 12.9 Å². The molecule has 2 rings (SSSR count). The van der Waals surface area contributed by atoms with Crippen LogP contribution in [-0.2, 0) is 0 Å². The predicted octanol–water partition coefficient (Wildman–Crippen LogP) is 3.89. The van der Waals surface area contributed by atoms with Gasteiger partial charge < -0.3 is 0 Å². The van der Waals surface area contributed by atoms with E-state index in [1.165, 1.54) is 11.1 Å². The molecule has 2 heteroatoms. The average Bonchev–Trinajstić information content (AvgIpc) is 2.29. The van der Waals surface area contributed by atoms with Gasteiger partial charge in [0.15, 0.2) is 0 Å². The molecule has 1 heterocycles. The highest BCUT2D eigenvalue weighted by atomic mass is 35.5. The normalized spacial score (nSPS) is 12.4. The van der Waals surface area contributed by atoms with E-state index in [4.69, 9.17) is 11.6 Å². The Morgan fingerprint density at radius 2 is 1.80 bits per heavy atom. The highest BCUT2D eigenvalue weighted by Crippen LogP contribution is 2.25. The van der Waals surface area contributed by atoms with E-state index in [-0.39, 0.29) is 0 Å². The van der Waals surface area contributed by atoms with Crippen LogP contribution in [0.25, 0.3) is 0 Å². The Labute approximate surface area is 94.7 Å². The number of nitrogens with zero attached hydrogens (tertiary/aromatic N) is 1. The maximum absolute atomic E-state index is 5.96. The molecular formula is C13H12ClN. The molecule has 0 aliphatic rings. The second kappa shape index (κ2) is 4.45. The third-order valence-corrected chi connectivity index (χ3v) is 2.79. The van der Waals surface area contributed by atoms with Crippen molar-refractivity contribution in [1.82, 2.24) is 4.98 Å². The van der Waals surface area contributed by atoms with Crippen molar-refractivity contribution < 1.29 is 0 Å². The minimum absolute atomic E-state index is 0.353. The van der Waals surface area contributed by atoms with Crippen molar-refractivity contribution in [2.45, 2.75) is 12.8 Å². The molecule has 1 aromatic carbocycles. The lowest BCUT2D eigenvalue weighted by Crippen LogP contribution is -1.95. The zero-order valence-electron chi connectivity index (χ0n) is 8.52. The third-order valence-electron chi connectivity index (χ3n) is 2.55. The van der Waals surface area contributed by atoms with Gasteiger partial charge in [-0.3, -0.25) is 4.98 Å². The SMILES string of the molecule is CC(c1ccncc1)c1cccc(Cl)c1. The summed E-state index contributed by atoms with van der Waals surface area (Å²) in [6.45, 7) is 2.17. The van der Waals surface area contributed by atoms with Crippen molar-refractivity contribution in [3.63, 3.8) is 0 Å². The summed E-state index contributed by atoms with van der Waals surface area (Å²) in [7, 11) is 0. The Hall–Kier alpha value is -1.34. The van der Waals surface area contributed by atoms with E-state index in [0.29, 0.717) is 5.92 Å². The lowest BCUT2D eigenvalue weighted by atomic mass is 9.94. The molecule has 1 atom stereocenters. The fraction of sp³-hybridized carbons (Fsp3) is 0.154. The zero-order valence-corrected chi connectivity index (χ0v) is 9.28.